The molecule has 0 aliphatic heterocycles. The topological polar surface area (TPSA) is 40.5 Å². The van der Waals surface area contributed by atoms with Gasteiger partial charge in [0.25, 0.3) is 0 Å². The van der Waals surface area contributed by atoms with E-state index in [1.54, 1.807) is 18.2 Å². The Kier molecular flexibility index (Phi) is 3.75. The van der Waals surface area contributed by atoms with Gasteiger partial charge in [-0.1, -0.05) is 29.3 Å². The van der Waals surface area contributed by atoms with Crippen LogP contribution in [0.15, 0.2) is 18.2 Å². The lowest BCUT2D eigenvalue weighted by Gasteiger charge is -2.17. The highest BCUT2D eigenvalue weighted by atomic mass is 35.5. The Morgan fingerprint density at radius 2 is 1.94 bits per heavy atom. The van der Waals surface area contributed by atoms with Crippen molar-refractivity contribution < 1.29 is 10.2 Å². The Balaban J connectivity index is 2.02. The molecule has 4 heteroatoms. The van der Waals surface area contributed by atoms with Crippen LogP contribution in [0.25, 0.3) is 0 Å². The van der Waals surface area contributed by atoms with Gasteiger partial charge in [-0.3, -0.25) is 0 Å². The minimum atomic E-state index is -0.744. The van der Waals surface area contributed by atoms with Crippen LogP contribution in [0.2, 0.25) is 10.0 Å². The SMILES string of the molecule is OC(Cc1ccc(Cl)cc1Cl)C(O)C1CC1. The number of rotatable bonds is 4. The lowest BCUT2D eigenvalue weighted by atomic mass is 10.0. The first kappa shape index (κ1) is 12.2. The Morgan fingerprint density at radius 3 is 2.50 bits per heavy atom. The average molecular weight is 261 g/mol. The summed E-state index contributed by atoms with van der Waals surface area (Å²) < 4.78 is 0. The second-order valence-corrected chi connectivity index (χ2v) is 5.18. The minimum absolute atomic E-state index is 0.265. The molecule has 0 heterocycles. The largest absolute Gasteiger partial charge is 0.390 e. The van der Waals surface area contributed by atoms with E-state index in [4.69, 9.17) is 23.2 Å². The molecule has 0 bridgehead atoms. The van der Waals surface area contributed by atoms with E-state index in [9.17, 15) is 10.2 Å². The summed E-state index contributed by atoms with van der Waals surface area (Å²) in [5.41, 5.74) is 0.818. The molecule has 0 amide bonds. The van der Waals surface area contributed by atoms with E-state index in [-0.39, 0.29) is 5.92 Å². The number of halogens is 2. The molecule has 0 saturated heterocycles. The summed E-state index contributed by atoms with van der Waals surface area (Å²) in [6, 6.07) is 5.17. The molecule has 2 unspecified atom stereocenters. The van der Waals surface area contributed by atoms with Gasteiger partial charge in [-0.05, 0) is 36.5 Å². The van der Waals surface area contributed by atoms with E-state index in [0.717, 1.165) is 18.4 Å². The second kappa shape index (κ2) is 4.92. The number of aliphatic hydroxyl groups excluding tert-OH is 2. The fraction of sp³-hybridized carbons (Fsp3) is 0.500. The molecular formula is C12H14Cl2O2. The molecule has 2 nitrogen and oxygen atoms in total. The predicted octanol–water partition coefficient (Wildman–Crippen LogP) is 2.67. The van der Waals surface area contributed by atoms with Crippen molar-refractivity contribution in [2.45, 2.75) is 31.5 Å². The molecule has 1 aromatic rings. The summed E-state index contributed by atoms with van der Waals surface area (Å²) in [5, 5.41) is 20.7. The summed E-state index contributed by atoms with van der Waals surface area (Å²) >= 11 is 11.8. The molecule has 1 aliphatic carbocycles. The van der Waals surface area contributed by atoms with Crippen molar-refractivity contribution in [1.29, 1.82) is 0 Å². The van der Waals surface area contributed by atoms with Crippen LogP contribution in [0.4, 0.5) is 0 Å². The molecule has 0 radical (unpaired) electrons. The van der Waals surface area contributed by atoms with Gasteiger partial charge in [0.2, 0.25) is 0 Å². The van der Waals surface area contributed by atoms with Gasteiger partial charge in [0.05, 0.1) is 12.2 Å². The highest BCUT2D eigenvalue weighted by molar-refractivity contribution is 6.35. The number of hydrogen-bond acceptors (Lipinski definition) is 2. The third-order valence-corrected chi connectivity index (χ3v) is 3.53. The van der Waals surface area contributed by atoms with Crippen molar-refractivity contribution in [3.8, 4) is 0 Å². The minimum Gasteiger partial charge on any atom is -0.390 e. The highest BCUT2D eigenvalue weighted by Crippen LogP contribution is 2.35. The zero-order valence-corrected chi connectivity index (χ0v) is 10.2. The monoisotopic (exact) mass is 260 g/mol. The van der Waals surface area contributed by atoms with Gasteiger partial charge >= 0.3 is 0 Å². The van der Waals surface area contributed by atoms with Crippen LogP contribution in [-0.2, 0) is 6.42 Å². The smallest absolute Gasteiger partial charge is 0.0842 e. The number of benzene rings is 1. The van der Waals surface area contributed by atoms with Crippen LogP contribution in [0.1, 0.15) is 18.4 Å². The Labute approximate surface area is 105 Å². The van der Waals surface area contributed by atoms with Crippen molar-refractivity contribution in [2.24, 2.45) is 5.92 Å². The van der Waals surface area contributed by atoms with E-state index in [0.29, 0.717) is 16.5 Å². The first-order valence-corrected chi connectivity index (χ1v) is 6.13. The van der Waals surface area contributed by atoms with Crippen LogP contribution < -0.4 is 0 Å². The van der Waals surface area contributed by atoms with Crippen molar-refractivity contribution in [1.82, 2.24) is 0 Å². The molecular weight excluding hydrogens is 247 g/mol. The third-order valence-electron chi connectivity index (χ3n) is 2.94. The number of aliphatic hydroxyl groups is 2. The molecule has 2 atom stereocenters. The zero-order chi connectivity index (χ0) is 11.7. The molecule has 88 valence electrons. The Morgan fingerprint density at radius 1 is 1.25 bits per heavy atom. The van der Waals surface area contributed by atoms with E-state index >= 15 is 0 Å². The van der Waals surface area contributed by atoms with Gasteiger partial charge in [0.15, 0.2) is 0 Å². The van der Waals surface area contributed by atoms with Crippen molar-refractivity contribution >= 4 is 23.2 Å². The van der Waals surface area contributed by atoms with Gasteiger partial charge in [0.1, 0.15) is 0 Å². The maximum absolute atomic E-state index is 9.83. The summed E-state index contributed by atoms with van der Waals surface area (Å²) in [6.45, 7) is 0. The van der Waals surface area contributed by atoms with Gasteiger partial charge in [-0.25, -0.2) is 0 Å². The summed E-state index contributed by atoms with van der Waals surface area (Å²) in [6.07, 6.45) is 1.00. The van der Waals surface area contributed by atoms with Gasteiger partial charge in [-0.2, -0.15) is 0 Å². The Hall–Kier alpha value is -0.280. The molecule has 2 rings (SSSR count). The maximum atomic E-state index is 9.83. The normalized spacial score (nSPS) is 19.5. The van der Waals surface area contributed by atoms with Crippen LogP contribution in [0.3, 0.4) is 0 Å². The van der Waals surface area contributed by atoms with Crippen LogP contribution in [0, 0.1) is 5.92 Å². The quantitative estimate of drug-likeness (QED) is 0.874. The van der Waals surface area contributed by atoms with Crippen molar-refractivity contribution in [3.63, 3.8) is 0 Å². The van der Waals surface area contributed by atoms with E-state index in [2.05, 4.69) is 0 Å². The molecule has 1 aromatic carbocycles. The van der Waals surface area contributed by atoms with Crippen LogP contribution in [-0.4, -0.2) is 22.4 Å². The van der Waals surface area contributed by atoms with E-state index in [1.165, 1.54) is 0 Å². The Bertz CT molecular complexity index is 377. The fourth-order valence-corrected chi connectivity index (χ4v) is 2.27. The molecule has 1 fully saturated rings. The second-order valence-electron chi connectivity index (χ2n) is 4.34. The van der Waals surface area contributed by atoms with Gasteiger partial charge in [0, 0.05) is 16.5 Å². The highest BCUT2D eigenvalue weighted by Gasteiger charge is 2.34. The first-order valence-electron chi connectivity index (χ1n) is 5.38. The molecule has 0 aromatic heterocycles. The molecule has 1 aliphatic rings. The van der Waals surface area contributed by atoms with E-state index < -0.39 is 12.2 Å². The zero-order valence-electron chi connectivity index (χ0n) is 8.74. The van der Waals surface area contributed by atoms with E-state index in [1.807, 2.05) is 0 Å². The molecule has 0 spiro atoms. The predicted molar refractivity (Wildman–Crippen MR) is 64.9 cm³/mol. The van der Waals surface area contributed by atoms with Gasteiger partial charge < -0.3 is 10.2 Å². The standard InChI is InChI=1S/C12H14Cl2O2/c13-9-4-3-8(10(14)6-9)5-11(15)12(16)7-1-2-7/h3-4,6-7,11-12,15-16H,1-2,5H2. The fourth-order valence-electron chi connectivity index (χ4n) is 1.79. The van der Waals surface area contributed by atoms with Crippen molar-refractivity contribution in [3.05, 3.63) is 33.8 Å². The summed E-state index contributed by atoms with van der Waals surface area (Å²) in [7, 11) is 0. The van der Waals surface area contributed by atoms with Gasteiger partial charge in [-0.15, -0.1) is 0 Å². The molecule has 2 N–H and O–H groups in total. The maximum Gasteiger partial charge on any atom is 0.0842 e. The molecule has 16 heavy (non-hydrogen) atoms. The van der Waals surface area contributed by atoms with Crippen LogP contribution in [0.5, 0.6) is 0 Å². The summed E-state index contributed by atoms with van der Waals surface area (Å²) in [5.74, 6) is 0.265. The summed E-state index contributed by atoms with van der Waals surface area (Å²) in [4.78, 5) is 0. The molecule has 1 saturated carbocycles. The first-order chi connectivity index (χ1) is 7.58. The van der Waals surface area contributed by atoms with Crippen molar-refractivity contribution in [2.75, 3.05) is 0 Å². The lowest BCUT2D eigenvalue weighted by molar-refractivity contribution is 0.00674. The number of hydrogen-bond donors (Lipinski definition) is 2. The lowest BCUT2D eigenvalue weighted by Crippen LogP contribution is -2.29. The van der Waals surface area contributed by atoms with Crippen LogP contribution >= 0.6 is 23.2 Å². The third kappa shape index (κ3) is 2.89. The average Bonchev–Trinajstić information content (AvgIpc) is 3.04.